The molecular weight excluding hydrogens is 360 g/mol. The van der Waals surface area contributed by atoms with E-state index < -0.39 is 0 Å². The van der Waals surface area contributed by atoms with E-state index in [0.717, 1.165) is 38.4 Å². The number of likely N-dealkylation sites (N-methyl/N-ethyl adjacent to an activating group) is 1. The maximum atomic E-state index is 5.55. The molecule has 26 heavy (non-hydrogen) atoms. The van der Waals surface area contributed by atoms with Gasteiger partial charge in [0, 0.05) is 42.8 Å². The number of nitrogens with one attached hydrogen (secondary N) is 2. The quantitative estimate of drug-likeness (QED) is 0.735. The summed E-state index contributed by atoms with van der Waals surface area (Å²) in [6.07, 6.45) is 0. The molecular formula is C20H28N4S2. The molecule has 2 aromatic rings. The van der Waals surface area contributed by atoms with Gasteiger partial charge in [0.15, 0.2) is 5.11 Å². The number of anilines is 1. The Labute approximate surface area is 166 Å². The lowest BCUT2D eigenvalue weighted by atomic mass is 10.1. The molecule has 1 aromatic heterocycles. The van der Waals surface area contributed by atoms with Crippen LogP contribution < -0.4 is 10.6 Å². The third kappa shape index (κ3) is 5.04. The molecule has 3 rings (SSSR count). The Balaban J connectivity index is 1.65. The fourth-order valence-corrected chi connectivity index (χ4v) is 4.80. The van der Waals surface area contributed by atoms with Crippen LogP contribution in [0.5, 0.6) is 0 Å². The van der Waals surface area contributed by atoms with Gasteiger partial charge in [0.2, 0.25) is 0 Å². The van der Waals surface area contributed by atoms with Crippen LogP contribution in [-0.2, 0) is 0 Å². The first-order valence-corrected chi connectivity index (χ1v) is 10.6. The fraction of sp³-hybridized carbons (Fsp3) is 0.450. The molecule has 0 unspecified atom stereocenters. The van der Waals surface area contributed by atoms with Crippen molar-refractivity contribution in [1.82, 2.24) is 15.1 Å². The van der Waals surface area contributed by atoms with Gasteiger partial charge >= 0.3 is 0 Å². The van der Waals surface area contributed by atoms with Gasteiger partial charge in [0.05, 0.1) is 6.04 Å². The predicted molar refractivity (Wildman–Crippen MR) is 116 cm³/mol. The molecule has 6 heteroatoms. The third-order valence-electron chi connectivity index (χ3n) is 4.95. The van der Waals surface area contributed by atoms with Gasteiger partial charge in [-0.2, -0.15) is 0 Å². The van der Waals surface area contributed by atoms with Crippen molar-refractivity contribution in [3.8, 4) is 0 Å². The predicted octanol–water partition coefficient (Wildman–Crippen LogP) is 3.80. The second-order valence-corrected chi connectivity index (χ2v) is 8.07. The number of piperazine rings is 1. The Morgan fingerprint density at radius 3 is 2.46 bits per heavy atom. The molecule has 1 fully saturated rings. The Kier molecular flexibility index (Phi) is 7.02. The van der Waals surface area contributed by atoms with Crippen molar-refractivity contribution in [2.75, 3.05) is 38.0 Å². The highest BCUT2D eigenvalue weighted by Gasteiger charge is 2.30. The molecule has 140 valence electrons. The minimum absolute atomic E-state index is 0.227. The zero-order chi connectivity index (χ0) is 18.4. The van der Waals surface area contributed by atoms with Crippen LogP contribution >= 0.6 is 23.6 Å². The number of para-hydroxylation sites is 1. The molecule has 1 aliphatic rings. The van der Waals surface area contributed by atoms with Crippen LogP contribution in [0, 0.1) is 0 Å². The van der Waals surface area contributed by atoms with Crippen molar-refractivity contribution in [2.24, 2.45) is 0 Å². The summed E-state index contributed by atoms with van der Waals surface area (Å²) in [4.78, 5) is 6.51. The highest BCUT2D eigenvalue weighted by molar-refractivity contribution is 7.80. The number of rotatable bonds is 6. The zero-order valence-corrected chi connectivity index (χ0v) is 17.2. The first-order chi connectivity index (χ1) is 12.7. The van der Waals surface area contributed by atoms with Crippen molar-refractivity contribution in [1.29, 1.82) is 0 Å². The maximum absolute atomic E-state index is 5.55. The molecule has 2 N–H and O–H groups in total. The number of nitrogens with zero attached hydrogens (tertiary/aromatic N) is 2. The SMILES string of the molecule is CCN1CCN([C@@H](c2cccs2)[C@H](C)NC(=S)Nc2ccccc2)CC1. The molecule has 0 amide bonds. The van der Waals surface area contributed by atoms with Crippen LogP contribution in [0.2, 0.25) is 0 Å². The van der Waals surface area contributed by atoms with E-state index in [1.807, 2.05) is 41.7 Å². The first-order valence-electron chi connectivity index (χ1n) is 9.29. The molecule has 0 radical (unpaired) electrons. The van der Waals surface area contributed by atoms with Gasteiger partial charge in [-0.05, 0) is 49.3 Å². The smallest absolute Gasteiger partial charge is 0.171 e. The summed E-state index contributed by atoms with van der Waals surface area (Å²) in [6, 6.07) is 15.0. The average Bonchev–Trinajstić information content (AvgIpc) is 3.17. The average molecular weight is 389 g/mol. The number of hydrogen-bond donors (Lipinski definition) is 2. The minimum Gasteiger partial charge on any atom is -0.358 e. The van der Waals surface area contributed by atoms with Crippen LogP contribution in [0.25, 0.3) is 0 Å². The van der Waals surface area contributed by atoms with Gasteiger partial charge in [-0.15, -0.1) is 11.3 Å². The highest BCUT2D eigenvalue weighted by Crippen LogP contribution is 2.29. The van der Waals surface area contributed by atoms with E-state index in [4.69, 9.17) is 12.2 Å². The molecule has 0 saturated carbocycles. The normalized spacial score (nSPS) is 18.2. The van der Waals surface area contributed by atoms with Crippen LogP contribution in [-0.4, -0.2) is 53.7 Å². The van der Waals surface area contributed by atoms with E-state index in [-0.39, 0.29) is 6.04 Å². The van der Waals surface area contributed by atoms with Crippen molar-refractivity contribution >= 4 is 34.4 Å². The summed E-state index contributed by atoms with van der Waals surface area (Å²) in [6.45, 7) is 10.1. The summed E-state index contributed by atoms with van der Waals surface area (Å²) in [5, 5.41) is 9.64. The second kappa shape index (κ2) is 9.46. The van der Waals surface area contributed by atoms with E-state index in [2.05, 4.69) is 51.8 Å². The molecule has 4 nitrogen and oxygen atoms in total. The molecule has 1 aromatic carbocycles. The summed E-state index contributed by atoms with van der Waals surface area (Å²) < 4.78 is 0. The van der Waals surface area contributed by atoms with E-state index in [9.17, 15) is 0 Å². The van der Waals surface area contributed by atoms with Crippen molar-refractivity contribution < 1.29 is 0 Å². The maximum Gasteiger partial charge on any atom is 0.171 e. The topological polar surface area (TPSA) is 30.5 Å². The monoisotopic (exact) mass is 388 g/mol. The van der Waals surface area contributed by atoms with Gasteiger partial charge in [0.1, 0.15) is 0 Å². The lowest BCUT2D eigenvalue weighted by Crippen LogP contribution is -2.52. The first kappa shape index (κ1) is 19.3. The Morgan fingerprint density at radius 2 is 1.85 bits per heavy atom. The second-order valence-electron chi connectivity index (χ2n) is 6.68. The lowest BCUT2D eigenvalue weighted by Gasteiger charge is -2.41. The van der Waals surface area contributed by atoms with Crippen LogP contribution in [0.1, 0.15) is 24.8 Å². The zero-order valence-electron chi connectivity index (χ0n) is 15.5. The van der Waals surface area contributed by atoms with Crippen molar-refractivity contribution in [3.63, 3.8) is 0 Å². The van der Waals surface area contributed by atoms with Crippen LogP contribution in [0.3, 0.4) is 0 Å². The standard InChI is InChI=1S/C20H28N4S2/c1-3-23-11-13-24(14-12-23)19(18-10-7-15-26-18)16(2)21-20(25)22-17-8-5-4-6-9-17/h4-10,15-16,19H,3,11-14H2,1-2H3,(H2,21,22,25)/t16-,19+/m0/s1. The summed E-state index contributed by atoms with van der Waals surface area (Å²) in [5.41, 5.74) is 1.02. The van der Waals surface area contributed by atoms with E-state index in [1.54, 1.807) is 0 Å². The molecule has 1 saturated heterocycles. The van der Waals surface area contributed by atoms with Gasteiger partial charge in [-0.25, -0.2) is 0 Å². The molecule has 0 bridgehead atoms. The van der Waals surface area contributed by atoms with E-state index in [1.165, 1.54) is 4.88 Å². The number of thiophene rings is 1. The van der Waals surface area contributed by atoms with Crippen LogP contribution in [0.4, 0.5) is 5.69 Å². The summed E-state index contributed by atoms with van der Waals surface area (Å²) in [7, 11) is 0. The fourth-order valence-electron chi connectivity index (χ4n) is 3.53. The third-order valence-corrected chi connectivity index (χ3v) is 6.11. The Hall–Kier alpha value is -1.47. The van der Waals surface area contributed by atoms with Gasteiger partial charge in [-0.1, -0.05) is 31.2 Å². The number of benzene rings is 1. The van der Waals surface area contributed by atoms with Gasteiger partial charge in [-0.3, -0.25) is 4.90 Å². The molecule has 1 aliphatic heterocycles. The Morgan fingerprint density at radius 1 is 1.12 bits per heavy atom. The summed E-state index contributed by atoms with van der Waals surface area (Å²) >= 11 is 7.39. The molecule has 2 atom stereocenters. The molecule has 0 aliphatic carbocycles. The summed E-state index contributed by atoms with van der Waals surface area (Å²) in [5.74, 6) is 0. The number of hydrogen-bond acceptors (Lipinski definition) is 4. The van der Waals surface area contributed by atoms with Crippen LogP contribution in [0.15, 0.2) is 47.8 Å². The van der Waals surface area contributed by atoms with Crippen molar-refractivity contribution in [2.45, 2.75) is 25.9 Å². The lowest BCUT2D eigenvalue weighted by molar-refractivity contribution is 0.0883. The molecule has 0 spiro atoms. The van der Waals surface area contributed by atoms with Gasteiger partial charge < -0.3 is 15.5 Å². The minimum atomic E-state index is 0.227. The Bertz CT molecular complexity index is 666. The largest absolute Gasteiger partial charge is 0.358 e. The van der Waals surface area contributed by atoms with E-state index >= 15 is 0 Å². The van der Waals surface area contributed by atoms with E-state index in [0.29, 0.717) is 11.2 Å². The molecule has 2 heterocycles. The number of thiocarbonyl (C=S) groups is 1. The van der Waals surface area contributed by atoms with Crippen molar-refractivity contribution in [3.05, 3.63) is 52.7 Å². The van der Waals surface area contributed by atoms with Gasteiger partial charge in [0.25, 0.3) is 0 Å². The highest BCUT2D eigenvalue weighted by atomic mass is 32.1.